The Morgan fingerprint density at radius 2 is 2.10 bits per heavy atom. The van der Waals surface area contributed by atoms with Crippen LogP contribution in [0, 0.1) is 0 Å². The zero-order valence-electron chi connectivity index (χ0n) is 11.4. The highest BCUT2D eigenvalue weighted by Crippen LogP contribution is 2.29. The standard InChI is InChI=1S/C15H16N2O3/c1-3-20-14-8-10(4-5-13(14)19-2)15(18)11-6-7-17-9-12(11)16/h4-9H,3,16H2,1-2H3. The van der Waals surface area contributed by atoms with Gasteiger partial charge in [-0.25, -0.2) is 0 Å². The summed E-state index contributed by atoms with van der Waals surface area (Å²) in [6.45, 7) is 2.36. The van der Waals surface area contributed by atoms with Crippen LogP contribution in [-0.4, -0.2) is 24.5 Å². The van der Waals surface area contributed by atoms with E-state index in [2.05, 4.69) is 4.98 Å². The molecule has 20 heavy (non-hydrogen) atoms. The van der Waals surface area contributed by atoms with Crippen LogP contribution in [0.15, 0.2) is 36.7 Å². The molecule has 0 radical (unpaired) electrons. The van der Waals surface area contributed by atoms with Crippen LogP contribution in [0.25, 0.3) is 0 Å². The highest BCUT2D eigenvalue weighted by atomic mass is 16.5. The van der Waals surface area contributed by atoms with Gasteiger partial charge in [0.05, 0.1) is 25.6 Å². The van der Waals surface area contributed by atoms with Crippen LogP contribution in [0.1, 0.15) is 22.8 Å². The maximum atomic E-state index is 12.4. The number of nitrogen functional groups attached to an aromatic ring is 1. The van der Waals surface area contributed by atoms with Crippen LogP contribution in [-0.2, 0) is 0 Å². The molecule has 0 amide bonds. The third-order valence-corrected chi connectivity index (χ3v) is 2.82. The Morgan fingerprint density at radius 3 is 2.75 bits per heavy atom. The van der Waals surface area contributed by atoms with Crippen molar-refractivity contribution in [1.29, 1.82) is 0 Å². The van der Waals surface area contributed by atoms with Crippen molar-refractivity contribution in [2.75, 3.05) is 19.5 Å². The van der Waals surface area contributed by atoms with E-state index in [0.29, 0.717) is 34.9 Å². The molecule has 1 heterocycles. The first kappa shape index (κ1) is 13.9. The molecule has 2 N–H and O–H groups in total. The van der Waals surface area contributed by atoms with Gasteiger partial charge in [0.1, 0.15) is 0 Å². The number of rotatable bonds is 5. The Morgan fingerprint density at radius 1 is 1.30 bits per heavy atom. The number of nitrogens with zero attached hydrogens (tertiary/aromatic N) is 1. The molecule has 2 aromatic rings. The molecule has 0 aliphatic heterocycles. The summed E-state index contributed by atoms with van der Waals surface area (Å²) in [4.78, 5) is 16.3. The lowest BCUT2D eigenvalue weighted by atomic mass is 10.0. The Balaban J connectivity index is 2.40. The van der Waals surface area contributed by atoms with E-state index in [1.807, 2.05) is 6.92 Å². The SMILES string of the molecule is CCOc1cc(C(=O)c2ccncc2N)ccc1OC. The lowest BCUT2D eigenvalue weighted by molar-refractivity contribution is 0.103. The van der Waals surface area contributed by atoms with Gasteiger partial charge in [-0.3, -0.25) is 9.78 Å². The van der Waals surface area contributed by atoms with E-state index in [-0.39, 0.29) is 5.78 Å². The van der Waals surface area contributed by atoms with Crippen molar-refractivity contribution in [3.05, 3.63) is 47.8 Å². The van der Waals surface area contributed by atoms with Gasteiger partial charge in [0.2, 0.25) is 0 Å². The quantitative estimate of drug-likeness (QED) is 0.845. The fraction of sp³-hybridized carbons (Fsp3) is 0.200. The van der Waals surface area contributed by atoms with Crippen LogP contribution < -0.4 is 15.2 Å². The van der Waals surface area contributed by atoms with Crippen molar-refractivity contribution in [3.63, 3.8) is 0 Å². The summed E-state index contributed by atoms with van der Waals surface area (Å²) >= 11 is 0. The van der Waals surface area contributed by atoms with Gasteiger partial charge in [-0.15, -0.1) is 0 Å². The highest BCUT2D eigenvalue weighted by Gasteiger charge is 2.15. The minimum atomic E-state index is -0.173. The molecule has 0 saturated carbocycles. The van der Waals surface area contributed by atoms with Gasteiger partial charge in [-0.05, 0) is 31.2 Å². The molecule has 0 unspecified atom stereocenters. The van der Waals surface area contributed by atoms with E-state index < -0.39 is 0 Å². The fourth-order valence-corrected chi connectivity index (χ4v) is 1.86. The second kappa shape index (κ2) is 6.06. The molecule has 5 nitrogen and oxygen atoms in total. The normalized spacial score (nSPS) is 10.1. The van der Waals surface area contributed by atoms with Crippen LogP contribution >= 0.6 is 0 Å². The molecule has 0 bridgehead atoms. The Labute approximate surface area is 117 Å². The second-order valence-corrected chi connectivity index (χ2v) is 4.09. The molecular weight excluding hydrogens is 256 g/mol. The number of anilines is 1. The largest absolute Gasteiger partial charge is 0.493 e. The average molecular weight is 272 g/mol. The third-order valence-electron chi connectivity index (χ3n) is 2.82. The summed E-state index contributed by atoms with van der Waals surface area (Å²) in [5.41, 5.74) is 7.04. The van der Waals surface area contributed by atoms with Crippen molar-refractivity contribution >= 4 is 11.5 Å². The van der Waals surface area contributed by atoms with E-state index >= 15 is 0 Å². The molecular formula is C15H16N2O3. The molecule has 1 aromatic carbocycles. The molecule has 104 valence electrons. The Bertz CT molecular complexity index is 626. The minimum Gasteiger partial charge on any atom is -0.493 e. The zero-order chi connectivity index (χ0) is 14.5. The van der Waals surface area contributed by atoms with Crippen molar-refractivity contribution < 1.29 is 14.3 Å². The molecule has 5 heteroatoms. The molecule has 2 rings (SSSR count). The fourth-order valence-electron chi connectivity index (χ4n) is 1.86. The second-order valence-electron chi connectivity index (χ2n) is 4.09. The summed E-state index contributed by atoms with van der Waals surface area (Å²) in [6.07, 6.45) is 3.00. The number of ether oxygens (including phenoxy) is 2. The van der Waals surface area contributed by atoms with E-state index in [1.54, 1.807) is 31.4 Å². The highest BCUT2D eigenvalue weighted by molar-refractivity contribution is 6.12. The number of carbonyl (C=O) groups is 1. The summed E-state index contributed by atoms with van der Waals surface area (Å²) in [5.74, 6) is 0.952. The van der Waals surface area contributed by atoms with Crippen LogP contribution in [0.3, 0.4) is 0 Å². The predicted molar refractivity (Wildman–Crippen MR) is 76.2 cm³/mol. The lowest BCUT2D eigenvalue weighted by Crippen LogP contribution is -2.06. The topological polar surface area (TPSA) is 74.4 Å². The van der Waals surface area contributed by atoms with E-state index in [4.69, 9.17) is 15.2 Å². The van der Waals surface area contributed by atoms with Gasteiger partial charge < -0.3 is 15.2 Å². The lowest BCUT2D eigenvalue weighted by Gasteiger charge is -2.11. The number of ketones is 1. The van der Waals surface area contributed by atoms with Gasteiger partial charge >= 0.3 is 0 Å². The molecule has 0 aliphatic carbocycles. The maximum Gasteiger partial charge on any atom is 0.195 e. The first-order valence-corrected chi connectivity index (χ1v) is 6.22. The number of pyridine rings is 1. The van der Waals surface area contributed by atoms with Crippen LogP contribution in [0.2, 0.25) is 0 Å². The molecule has 1 aromatic heterocycles. The van der Waals surface area contributed by atoms with E-state index in [9.17, 15) is 4.79 Å². The van der Waals surface area contributed by atoms with Crippen molar-refractivity contribution in [3.8, 4) is 11.5 Å². The van der Waals surface area contributed by atoms with Gasteiger partial charge in [-0.2, -0.15) is 0 Å². The van der Waals surface area contributed by atoms with Gasteiger partial charge in [0.25, 0.3) is 0 Å². The third kappa shape index (κ3) is 2.71. The summed E-state index contributed by atoms with van der Waals surface area (Å²) in [6, 6.07) is 6.64. The smallest absolute Gasteiger partial charge is 0.195 e. The number of hydrogen-bond donors (Lipinski definition) is 1. The molecule has 0 spiro atoms. The number of methoxy groups -OCH3 is 1. The molecule has 0 atom stereocenters. The molecule has 0 fully saturated rings. The molecule has 0 aliphatic rings. The van der Waals surface area contributed by atoms with Crippen LogP contribution in [0.5, 0.6) is 11.5 Å². The summed E-state index contributed by atoms with van der Waals surface area (Å²) < 4.78 is 10.7. The number of nitrogens with two attached hydrogens (primary N) is 1. The summed E-state index contributed by atoms with van der Waals surface area (Å²) in [5, 5.41) is 0. The zero-order valence-corrected chi connectivity index (χ0v) is 11.4. The van der Waals surface area contributed by atoms with Crippen molar-refractivity contribution in [2.24, 2.45) is 0 Å². The minimum absolute atomic E-state index is 0.173. The van der Waals surface area contributed by atoms with Gasteiger partial charge in [0.15, 0.2) is 17.3 Å². The first-order chi connectivity index (χ1) is 9.67. The monoisotopic (exact) mass is 272 g/mol. The van der Waals surface area contributed by atoms with Gasteiger partial charge in [-0.1, -0.05) is 0 Å². The average Bonchev–Trinajstić information content (AvgIpc) is 2.47. The number of hydrogen-bond acceptors (Lipinski definition) is 5. The van der Waals surface area contributed by atoms with Gasteiger partial charge in [0, 0.05) is 17.3 Å². The predicted octanol–water partition coefficient (Wildman–Crippen LogP) is 2.30. The number of carbonyl (C=O) groups excluding carboxylic acids is 1. The van der Waals surface area contributed by atoms with E-state index in [0.717, 1.165) is 0 Å². The number of benzene rings is 1. The van der Waals surface area contributed by atoms with Crippen LogP contribution in [0.4, 0.5) is 5.69 Å². The number of aromatic nitrogens is 1. The maximum absolute atomic E-state index is 12.4. The molecule has 0 saturated heterocycles. The Hall–Kier alpha value is -2.56. The summed E-state index contributed by atoms with van der Waals surface area (Å²) in [7, 11) is 1.56. The van der Waals surface area contributed by atoms with Crippen molar-refractivity contribution in [2.45, 2.75) is 6.92 Å². The van der Waals surface area contributed by atoms with E-state index in [1.165, 1.54) is 12.4 Å². The van der Waals surface area contributed by atoms with Crippen molar-refractivity contribution in [1.82, 2.24) is 4.98 Å². The Kier molecular flexibility index (Phi) is 4.20. The first-order valence-electron chi connectivity index (χ1n) is 6.22.